The van der Waals surface area contributed by atoms with E-state index >= 15 is 0 Å². The highest BCUT2D eigenvalue weighted by molar-refractivity contribution is 9.10. The van der Waals surface area contributed by atoms with Crippen molar-refractivity contribution in [2.24, 2.45) is 0 Å². The lowest BCUT2D eigenvalue weighted by Gasteiger charge is -2.13. The van der Waals surface area contributed by atoms with Gasteiger partial charge >= 0.3 is 0 Å². The van der Waals surface area contributed by atoms with Crippen molar-refractivity contribution in [1.82, 2.24) is 0 Å². The highest BCUT2D eigenvalue weighted by Crippen LogP contribution is 2.42. The van der Waals surface area contributed by atoms with E-state index in [4.69, 9.17) is 11.6 Å². The third kappa shape index (κ3) is 2.07. The molecule has 0 bridgehead atoms. The van der Waals surface area contributed by atoms with Crippen LogP contribution < -0.4 is 0 Å². The summed E-state index contributed by atoms with van der Waals surface area (Å²) in [6, 6.07) is 14.0. The number of rotatable bonds is 1. The predicted molar refractivity (Wildman–Crippen MR) is 83.7 cm³/mol. The number of hydrogen-bond acceptors (Lipinski definition) is 1. The third-order valence-corrected chi connectivity index (χ3v) is 4.15. The van der Waals surface area contributed by atoms with Gasteiger partial charge in [-0.1, -0.05) is 57.9 Å². The van der Waals surface area contributed by atoms with Crippen molar-refractivity contribution in [3.8, 4) is 16.9 Å². The Balaban J connectivity index is 2.47. The zero-order valence-corrected chi connectivity index (χ0v) is 12.5. The van der Waals surface area contributed by atoms with Crippen LogP contribution in [0.15, 0.2) is 53.0 Å². The predicted octanol–water partition coefficient (Wildman–Crippen LogP) is 5.77. The van der Waals surface area contributed by atoms with Crippen LogP contribution in [0.3, 0.4) is 0 Å². The van der Waals surface area contributed by atoms with E-state index in [0.717, 1.165) is 10.8 Å². The van der Waals surface area contributed by atoms with Crippen molar-refractivity contribution in [3.05, 3.63) is 63.8 Å². The van der Waals surface area contributed by atoms with Gasteiger partial charge in [-0.15, -0.1) is 0 Å². The van der Waals surface area contributed by atoms with Crippen molar-refractivity contribution >= 4 is 38.3 Å². The van der Waals surface area contributed by atoms with Crippen molar-refractivity contribution in [2.75, 3.05) is 0 Å². The average molecular weight is 352 g/mol. The zero-order chi connectivity index (χ0) is 14.3. The Morgan fingerprint density at radius 2 is 1.70 bits per heavy atom. The highest BCUT2D eigenvalue weighted by atomic mass is 79.9. The Bertz CT molecular complexity index is 817. The van der Waals surface area contributed by atoms with Crippen LogP contribution in [0.2, 0.25) is 5.02 Å². The van der Waals surface area contributed by atoms with Gasteiger partial charge in [-0.25, -0.2) is 4.39 Å². The highest BCUT2D eigenvalue weighted by Gasteiger charge is 2.18. The number of halogens is 3. The quantitative estimate of drug-likeness (QED) is 0.552. The summed E-state index contributed by atoms with van der Waals surface area (Å²) in [7, 11) is 0. The molecule has 0 aliphatic rings. The lowest BCUT2D eigenvalue weighted by molar-refractivity contribution is 0.477. The summed E-state index contributed by atoms with van der Waals surface area (Å²) in [6.07, 6.45) is 0. The number of phenolic OH excluding ortho intramolecular Hbond substituents is 1. The standard InChI is InChI=1S/C16H9BrClFO/c17-11-6-7-12(18)16(19)15(11)14-10-4-2-1-3-9(10)5-8-13(14)20/h1-8,20H. The molecule has 0 aliphatic heterocycles. The van der Waals surface area contributed by atoms with Crippen molar-refractivity contribution in [2.45, 2.75) is 0 Å². The SMILES string of the molecule is Oc1ccc2ccccc2c1-c1c(Br)ccc(Cl)c1F. The van der Waals surface area contributed by atoms with Crippen molar-refractivity contribution in [3.63, 3.8) is 0 Å². The summed E-state index contributed by atoms with van der Waals surface area (Å²) >= 11 is 9.19. The molecule has 0 unspecified atom stereocenters. The van der Waals surface area contributed by atoms with Crippen LogP contribution in [-0.2, 0) is 0 Å². The first-order valence-electron chi connectivity index (χ1n) is 5.94. The van der Waals surface area contributed by atoms with Gasteiger partial charge < -0.3 is 5.11 Å². The molecule has 0 spiro atoms. The normalized spacial score (nSPS) is 10.9. The fourth-order valence-electron chi connectivity index (χ4n) is 2.28. The van der Waals surface area contributed by atoms with Crippen LogP contribution in [0.1, 0.15) is 0 Å². The molecule has 0 saturated heterocycles. The topological polar surface area (TPSA) is 20.2 Å². The Kier molecular flexibility index (Phi) is 3.40. The van der Waals surface area contributed by atoms with E-state index in [9.17, 15) is 9.50 Å². The third-order valence-electron chi connectivity index (χ3n) is 3.20. The molecule has 100 valence electrons. The number of benzene rings is 3. The van der Waals surface area contributed by atoms with Crippen LogP contribution in [-0.4, -0.2) is 5.11 Å². The van der Waals surface area contributed by atoms with Gasteiger partial charge in [0.1, 0.15) is 5.75 Å². The summed E-state index contributed by atoms with van der Waals surface area (Å²) in [5, 5.41) is 11.9. The molecule has 1 N–H and O–H groups in total. The molecule has 20 heavy (non-hydrogen) atoms. The molecule has 4 heteroatoms. The minimum Gasteiger partial charge on any atom is -0.507 e. The largest absolute Gasteiger partial charge is 0.507 e. The molecule has 3 aromatic carbocycles. The minimum atomic E-state index is -0.548. The molecule has 0 radical (unpaired) electrons. The van der Waals surface area contributed by atoms with Gasteiger partial charge in [0.2, 0.25) is 0 Å². The summed E-state index contributed by atoms with van der Waals surface area (Å²) in [5.74, 6) is -0.529. The summed E-state index contributed by atoms with van der Waals surface area (Å²) in [6.45, 7) is 0. The molecule has 0 atom stereocenters. The smallest absolute Gasteiger partial charge is 0.150 e. The molecule has 0 amide bonds. The Hall–Kier alpha value is -1.58. The van der Waals surface area contributed by atoms with E-state index in [1.54, 1.807) is 18.2 Å². The molecule has 0 fully saturated rings. The van der Waals surface area contributed by atoms with Crippen LogP contribution in [0.5, 0.6) is 5.75 Å². The lowest BCUT2D eigenvalue weighted by Crippen LogP contribution is -1.90. The van der Waals surface area contributed by atoms with E-state index in [1.807, 2.05) is 24.3 Å². The van der Waals surface area contributed by atoms with Crippen molar-refractivity contribution in [1.29, 1.82) is 0 Å². The maximum Gasteiger partial charge on any atom is 0.150 e. The van der Waals surface area contributed by atoms with E-state index < -0.39 is 5.82 Å². The first kappa shape index (κ1) is 13.4. The molecule has 0 saturated carbocycles. The second-order valence-corrected chi connectivity index (χ2v) is 5.66. The first-order chi connectivity index (χ1) is 9.59. The van der Waals surface area contributed by atoms with Gasteiger partial charge in [0.25, 0.3) is 0 Å². The van der Waals surface area contributed by atoms with Gasteiger partial charge in [-0.3, -0.25) is 0 Å². The molecular formula is C16H9BrClFO. The summed E-state index contributed by atoms with van der Waals surface area (Å²) in [5.41, 5.74) is 0.710. The molecule has 1 nitrogen and oxygen atoms in total. The molecule has 3 aromatic rings. The fraction of sp³-hybridized carbons (Fsp3) is 0. The van der Waals surface area contributed by atoms with Crippen LogP contribution in [0, 0.1) is 5.82 Å². The monoisotopic (exact) mass is 350 g/mol. The average Bonchev–Trinajstić information content (AvgIpc) is 2.45. The Morgan fingerprint density at radius 3 is 2.50 bits per heavy atom. The minimum absolute atomic E-state index is 0.0190. The van der Waals surface area contributed by atoms with Crippen LogP contribution in [0.25, 0.3) is 21.9 Å². The molecule has 0 aromatic heterocycles. The molecular weight excluding hydrogens is 343 g/mol. The second kappa shape index (κ2) is 5.08. The number of fused-ring (bicyclic) bond motifs is 1. The summed E-state index contributed by atoms with van der Waals surface area (Å²) < 4.78 is 14.9. The van der Waals surface area contributed by atoms with Gasteiger partial charge in [-0.05, 0) is 29.0 Å². The fourth-order valence-corrected chi connectivity index (χ4v) is 2.94. The van der Waals surface area contributed by atoms with E-state index in [2.05, 4.69) is 15.9 Å². The lowest BCUT2D eigenvalue weighted by atomic mass is 9.97. The van der Waals surface area contributed by atoms with Crippen molar-refractivity contribution < 1.29 is 9.50 Å². The summed E-state index contributed by atoms with van der Waals surface area (Å²) in [4.78, 5) is 0. The van der Waals surface area contributed by atoms with Crippen LogP contribution >= 0.6 is 27.5 Å². The van der Waals surface area contributed by atoms with Gasteiger partial charge in [0.05, 0.1) is 5.02 Å². The number of aromatic hydroxyl groups is 1. The molecule has 3 rings (SSSR count). The number of hydrogen-bond donors (Lipinski definition) is 1. The second-order valence-electron chi connectivity index (χ2n) is 4.40. The van der Waals surface area contributed by atoms with E-state index in [1.165, 1.54) is 6.07 Å². The first-order valence-corrected chi connectivity index (χ1v) is 7.11. The molecule has 0 heterocycles. The maximum absolute atomic E-state index is 14.4. The van der Waals surface area contributed by atoms with Crippen LogP contribution in [0.4, 0.5) is 4.39 Å². The van der Waals surface area contributed by atoms with Gasteiger partial charge in [0, 0.05) is 15.6 Å². The van der Waals surface area contributed by atoms with E-state index in [-0.39, 0.29) is 16.3 Å². The van der Waals surface area contributed by atoms with Gasteiger partial charge in [-0.2, -0.15) is 0 Å². The Morgan fingerprint density at radius 1 is 0.950 bits per heavy atom. The maximum atomic E-state index is 14.4. The Labute approximate surface area is 128 Å². The van der Waals surface area contributed by atoms with E-state index in [0.29, 0.717) is 10.0 Å². The molecule has 0 aliphatic carbocycles. The number of phenols is 1. The van der Waals surface area contributed by atoms with Gasteiger partial charge in [0.15, 0.2) is 5.82 Å². The zero-order valence-electron chi connectivity index (χ0n) is 10.2.